The summed E-state index contributed by atoms with van der Waals surface area (Å²) in [5, 5.41) is 5.41. The second-order valence-corrected chi connectivity index (χ2v) is 9.02. The summed E-state index contributed by atoms with van der Waals surface area (Å²) in [7, 11) is 5.20. The number of ether oxygens (including phenoxy) is 1. The minimum Gasteiger partial charge on any atom is -0.444 e. The van der Waals surface area contributed by atoms with Gasteiger partial charge in [0, 0.05) is 50.9 Å². The number of hydrogen-bond acceptors (Lipinski definition) is 5. The van der Waals surface area contributed by atoms with Crippen molar-refractivity contribution in [3.8, 4) is 0 Å². The first-order valence-corrected chi connectivity index (χ1v) is 10.4. The third-order valence-corrected chi connectivity index (χ3v) is 5.11. The average molecular weight is 455 g/mol. The molecule has 0 fully saturated rings. The fourth-order valence-electron chi connectivity index (χ4n) is 3.46. The van der Waals surface area contributed by atoms with E-state index < -0.39 is 11.7 Å². The molecule has 3 aromatic rings. The van der Waals surface area contributed by atoms with Crippen molar-refractivity contribution in [1.29, 1.82) is 0 Å². The summed E-state index contributed by atoms with van der Waals surface area (Å²) >= 11 is 0. The van der Waals surface area contributed by atoms with E-state index in [-0.39, 0.29) is 11.7 Å². The fourth-order valence-corrected chi connectivity index (χ4v) is 3.46. The molecule has 0 saturated heterocycles. The Morgan fingerprint density at radius 1 is 0.879 bits per heavy atom. The van der Waals surface area contributed by atoms with Crippen molar-refractivity contribution in [2.45, 2.75) is 33.3 Å². The largest absolute Gasteiger partial charge is 0.444 e. The highest BCUT2D eigenvalue weighted by molar-refractivity contribution is 6.11. The number of nitrogens with one attached hydrogen (secondary N) is 2. The molecule has 3 aromatic heterocycles. The zero-order chi connectivity index (χ0) is 24.7. The molecule has 0 spiro atoms. The molecule has 0 radical (unpaired) electrons. The number of carbonyl (C=O) groups excluding carboxylic acids is 3. The molecule has 4 N–H and O–H groups in total. The second kappa shape index (κ2) is 8.53. The summed E-state index contributed by atoms with van der Waals surface area (Å²) in [5.41, 5.74) is 8.20. The Morgan fingerprint density at radius 3 is 1.97 bits per heavy atom. The second-order valence-electron chi connectivity index (χ2n) is 9.02. The van der Waals surface area contributed by atoms with Crippen LogP contribution in [0.5, 0.6) is 0 Å². The predicted molar refractivity (Wildman–Crippen MR) is 127 cm³/mol. The number of aryl methyl sites for hydroxylation is 3. The highest BCUT2D eigenvalue weighted by Crippen LogP contribution is 2.24. The molecule has 33 heavy (non-hydrogen) atoms. The van der Waals surface area contributed by atoms with Crippen LogP contribution in [0.4, 0.5) is 22.0 Å². The van der Waals surface area contributed by atoms with Gasteiger partial charge in [0.25, 0.3) is 5.91 Å². The van der Waals surface area contributed by atoms with Gasteiger partial charge in [0.15, 0.2) is 0 Å². The van der Waals surface area contributed by atoms with E-state index in [0.29, 0.717) is 39.7 Å². The van der Waals surface area contributed by atoms with Crippen LogP contribution in [0.25, 0.3) is 0 Å². The Kier molecular flexibility index (Phi) is 6.13. The molecule has 3 heterocycles. The number of aromatic nitrogens is 3. The highest BCUT2D eigenvalue weighted by atomic mass is 16.6. The molecule has 10 nitrogen and oxygen atoms in total. The van der Waals surface area contributed by atoms with E-state index >= 15 is 0 Å². The third kappa shape index (κ3) is 5.11. The molecule has 0 aliphatic rings. The van der Waals surface area contributed by atoms with Gasteiger partial charge >= 0.3 is 6.09 Å². The zero-order valence-electron chi connectivity index (χ0n) is 19.9. The van der Waals surface area contributed by atoms with Gasteiger partial charge in [-0.3, -0.25) is 14.9 Å². The van der Waals surface area contributed by atoms with E-state index in [4.69, 9.17) is 10.5 Å². The molecule has 3 rings (SSSR count). The number of rotatable bonds is 5. The Balaban J connectivity index is 1.75. The Hall–Kier alpha value is -3.95. The lowest BCUT2D eigenvalue weighted by atomic mass is 10.1. The molecule has 10 heteroatoms. The number of amides is 2. The van der Waals surface area contributed by atoms with Gasteiger partial charge < -0.3 is 29.5 Å². The van der Waals surface area contributed by atoms with E-state index in [1.54, 1.807) is 93.3 Å². The lowest BCUT2D eigenvalue weighted by Gasteiger charge is -2.19. The van der Waals surface area contributed by atoms with Crippen LogP contribution in [-0.4, -0.2) is 37.1 Å². The maximum atomic E-state index is 13.0. The van der Waals surface area contributed by atoms with E-state index in [0.717, 1.165) is 0 Å². The van der Waals surface area contributed by atoms with Crippen LogP contribution in [0.2, 0.25) is 0 Å². The standard InChI is InChI=1S/C23H30N6O4/c1-13-16(12-29(7)20(13)24)19(30)17-8-14(10-27(17)5)25-21(31)18-9-15(11-28(18)6)26-22(32)33-23(2,3)4/h8-12H,24H2,1-7H3,(H,25,31)(H,26,32). The lowest BCUT2D eigenvalue weighted by Crippen LogP contribution is -2.27. The predicted octanol–water partition coefficient (Wildman–Crippen LogP) is 3.42. The van der Waals surface area contributed by atoms with Crippen molar-refractivity contribution >= 4 is 35.0 Å². The van der Waals surface area contributed by atoms with Gasteiger partial charge in [-0.15, -0.1) is 0 Å². The number of nitrogens with zero attached hydrogens (tertiary/aromatic N) is 3. The molecule has 0 aliphatic carbocycles. The molecular weight excluding hydrogens is 424 g/mol. The van der Waals surface area contributed by atoms with Crippen LogP contribution in [-0.2, 0) is 25.9 Å². The van der Waals surface area contributed by atoms with Crippen LogP contribution in [0.3, 0.4) is 0 Å². The van der Waals surface area contributed by atoms with Gasteiger partial charge in [0.05, 0.1) is 17.1 Å². The Bertz CT molecular complexity index is 1240. The van der Waals surface area contributed by atoms with Crippen molar-refractivity contribution in [2.24, 2.45) is 21.1 Å². The van der Waals surface area contributed by atoms with Gasteiger partial charge in [-0.05, 0) is 39.8 Å². The van der Waals surface area contributed by atoms with Crippen molar-refractivity contribution in [2.75, 3.05) is 16.4 Å². The first-order valence-electron chi connectivity index (χ1n) is 10.4. The first kappa shape index (κ1) is 23.7. The normalized spacial score (nSPS) is 11.4. The van der Waals surface area contributed by atoms with Gasteiger partial charge in [0.1, 0.15) is 17.1 Å². The van der Waals surface area contributed by atoms with Crippen LogP contribution < -0.4 is 16.4 Å². The van der Waals surface area contributed by atoms with Crippen molar-refractivity contribution in [1.82, 2.24) is 13.7 Å². The number of nitrogen functional groups attached to an aromatic ring is 1. The van der Waals surface area contributed by atoms with Gasteiger partial charge in [-0.25, -0.2) is 4.79 Å². The summed E-state index contributed by atoms with van der Waals surface area (Å²) < 4.78 is 10.2. The summed E-state index contributed by atoms with van der Waals surface area (Å²) in [6.45, 7) is 7.10. The first-order chi connectivity index (χ1) is 15.3. The smallest absolute Gasteiger partial charge is 0.412 e. The Labute approximate surface area is 192 Å². The number of hydrogen-bond donors (Lipinski definition) is 3. The quantitative estimate of drug-likeness (QED) is 0.510. The van der Waals surface area contributed by atoms with Crippen molar-refractivity contribution in [3.05, 3.63) is 53.2 Å². The van der Waals surface area contributed by atoms with Gasteiger partial charge in [0.2, 0.25) is 5.78 Å². The van der Waals surface area contributed by atoms with E-state index in [2.05, 4.69) is 10.6 Å². The van der Waals surface area contributed by atoms with E-state index in [1.165, 1.54) is 0 Å². The number of nitrogens with two attached hydrogens (primary N) is 1. The lowest BCUT2D eigenvalue weighted by molar-refractivity contribution is 0.0635. The topological polar surface area (TPSA) is 125 Å². The molecule has 0 saturated carbocycles. The molecule has 0 unspecified atom stereocenters. The number of carbonyl (C=O) groups is 3. The molecule has 0 bridgehead atoms. The molecule has 2 amide bonds. The molecular formula is C23H30N6O4. The minimum absolute atomic E-state index is 0.189. The van der Waals surface area contributed by atoms with Crippen LogP contribution >= 0.6 is 0 Å². The Morgan fingerprint density at radius 2 is 1.42 bits per heavy atom. The monoisotopic (exact) mass is 454 g/mol. The van der Waals surface area contributed by atoms with Gasteiger partial charge in [-0.2, -0.15) is 0 Å². The maximum Gasteiger partial charge on any atom is 0.412 e. The fraction of sp³-hybridized carbons (Fsp3) is 0.348. The average Bonchev–Trinajstić information content (AvgIpc) is 3.31. The van der Waals surface area contributed by atoms with Crippen LogP contribution in [0.15, 0.2) is 30.7 Å². The van der Waals surface area contributed by atoms with E-state index in [1.807, 2.05) is 0 Å². The summed E-state index contributed by atoms with van der Waals surface area (Å²) in [4.78, 5) is 37.8. The maximum absolute atomic E-state index is 13.0. The SMILES string of the molecule is Cc1c(C(=O)c2cc(NC(=O)c3cc(NC(=O)OC(C)(C)C)cn3C)cn2C)cn(C)c1N. The van der Waals surface area contributed by atoms with Gasteiger partial charge in [-0.1, -0.05) is 0 Å². The molecule has 0 aliphatic heterocycles. The van der Waals surface area contributed by atoms with Crippen molar-refractivity contribution in [3.63, 3.8) is 0 Å². The highest BCUT2D eigenvalue weighted by Gasteiger charge is 2.22. The minimum atomic E-state index is -0.633. The van der Waals surface area contributed by atoms with Crippen LogP contribution in [0, 0.1) is 6.92 Å². The third-order valence-electron chi connectivity index (χ3n) is 5.11. The molecule has 176 valence electrons. The molecule has 0 atom stereocenters. The van der Waals surface area contributed by atoms with E-state index in [9.17, 15) is 14.4 Å². The number of ketones is 1. The number of anilines is 3. The van der Waals surface area contributed by atoms with Crippen LogP contribution in [0.1, 0.15) is 52.9 Å². The summed E-state index contributed by atoms with van der Waals surface area (Å²) in [6, 6.07) is 3.16. The summed E-state index contributed by atoms with van der Waals surface area (Å²) in [6.07, 6.45) is 4.36. The molecule has 0 aromatic carbocycles. The zero-order valence-corrected chi connectivity index (χ0v) is 19.9. The van der Waals surface area contributed by atoms with Crippen molar-refractivity contribution < 1.29 is 19.1 Å². The summed E-state index contributed by atoms with van der Waals surface area (Å²) in [5.74, 6) is -0.0504.